The molecule has 2 heterocycles. The number of piperidine rings is 1. The fraction of sp³-hybridized carbons (Fsp3) is 0.500. The third kappa shape index (κ3) is 4.29. The lowest BCUT2D eigenvalue weighted by Gasteiger charge is -2.32. The molecule has 1 atom stereocenters. The van der Waals surface area contributed by atoms with E-state index in [-0.39, 0.29) is 30.8 Å². The summed E-state index contributed by atoms with van der Waals surface area (Å²) in [6.07, 6.45) is 0.149. The molecule has 8 nitrogen and oxygen atoms in total. The number of hydrogen-bond acceptors (Lipinski definition) is 5. The minimum absolute atomic E-state index is 0.163. The van der Waals surface area contributed by atoms with Crippen molar-refractivity contribution in [3.8, 4) is 0 Å². The van der Waals surface area contributed by atoms with E-state index in [1.807, 2.05) is 4.90 Å². The van der Waals surface area contributed by atoms with Crippen LogP contribution in [0.1, 0.15) is 19.8 Å². The number of amides is 3. The van der Waals surface area contributed by atoms with Gasteiger partial charge in [-0.1, -0.05) is 0 Å². The molecule has 0 aliphatic carbocycles. The maximum Gasteiger partial charge on any atom is 0.414 e. The third-order valence-corrected chi connectivity index (χ3v) is 4.93. The summed E-state index contributed by atoms with van der Waals surface area (Å²) in [5, 5.41) is 2.60. The van der Waals surface area contributed by atoms with E-state index in [1.165, 1.54) is 17.9 Å². The normalized spacial score (nSPS) is 20.5. The van der Waals surface area contributed by atoms with Crippen molar-refractivity contribution in [3.05, 3.63) is 24.0 Å². The molecule has 0 saturated carbocycles. The van der Waals surface area contributed by atoms with E-state index in [4.69, 9.17) is 10.5 Å². The van der Waals surface area contributed by atoms with Gasteiger partial charge in [0.05, 0.1) is 24.5 Å². The molecule has 2 fully saturated rings. The molecule has 27 heavy (non-hydrogen) atoms. The molecular formula is C18H23FN4O4. The Bertz CT molecular complexity index is 749. The first-order valence-corrected chi connectivity index (χ1v) is 8.91. The number of cyclic esters (lactones) is 1. The van der Waals surface area contributed by atoms with Crippen LogP contribution in [0.3, 0.4) is 0 Å². The lowest BCUT2D eigenvalue weighted by atomic mass is 9.96. The Labute approximate surface area is 156 Å². The number of carbonyl (C=O) groups excluding carboxylic acids is 3. The average Bonchev–Trinajstić information content (AvgIpc) is 3.01. The van der Waals surface area contributed by atoms with E-state index in [1.54, 1.807) is 12.1 Å². The molecule has 0 spiro atoms. The fourth-order valence-electron chi connectivity index (χ4n) is 3.42. The molecule has 2 saturated heterocycles. The number of nitrogens with two attached hydrogens (primary N) is 1. The number of nitrogens with one attached hydrogen (secondary N) is 1. The van der Waals surface area contributed by atoms with E-state index >= 15 is 0 Å². The number of benzene rings is 1. The largest absolute Gasteiger partial charge is 0.442 e. The van der Waals surface area contributed by atoms with Crippen LogP contribution >= 0.6 is 0 Å². The topological polar surface area (TPSA) is 105 Å². The maximum absolute atomic E-state index is 14.7. The third-order valence-electron chi connectivity index (χ3n) is 4.93. The molecule has 2 aliphatic rings. The molecule has 3 amide bonds. The van der Waals surface area contributed by atoms with Gasteiger partial charge in [0.25, 0.3) is 0 Å². The highest BCUT2D eigenvalue weighted by Crippen LogP contribution is 2.30. The molecule has 0 radical (unpaired) electrons. The number of primary amides is 1. The van der Waals surface area contributed by atoms with Gasteiger partial charge in [-0.3, -0.25) is 14.5 Å². The molecule has 0 bridgehead atoms. The molecule has 3 N–H and O–H groups in total. The monoisotopic (exact) mass is 378 g/mol. The standard InChI is InChI=1S/C18H23FN4O4/c1-11(24)21-9-14-10-23(18(26)27-14)13-2-3-16(15(19)8-13)22-6-4-12(5-7-22)17(20)25/h2-3,8,12,14H,4-7,9-10H2,1H3,(H2,20,25)(H,21,24). The van der Waals surface area contributed by atoms with Crippen molar-refractivity contribution >= 4 is 29.3 Å². The summed E-state index contributed by atoms with van der Waals surface area (Å²) < 4.78 is 19.8. The minimum Gasteiger partial charge on any atom is -0.442 e. The van der Waals surface area contributed by atoms with E-state index in [0.29, 0.717) is 37.3 Å². The van der Waals surface area contributed by atoms with Gasteiger partial charge in [-0.05, 0) is 31.0 Å². The Morgan fingerprint density at radius 3 is 2.63 bits per heavy atom. The van der Waals surface area contributed by atoms with Crippen molar-refractivity contribution in [1.82, 2.24) is 5.32 Å². The maximum atomic E-state index is 14.7. The van der Waals surface area contributed by atoms with Gasteiger partial charge < -0.3 is 20.7 Å². The molecule has 1 aromatic carbocycles. The first-order valence-electron chi connectivity index (χ1n) is 8.91. The Balaban J connectivity index is 1.66. The zero-order valence-electron chi connectivity index (χ0n) is 15.1. The number of ether oxygens (including phenoxy) is 1. The summed E-state index contributed by atoms with van der Waals surface area (Å²) in [7, 11) is 0. The first-order chi connectivity index (χ1) is 12.8. The molecule has 2 aliphatic heterocycles. The van der Waals surface area contributed by atoms with Crippen molar-refractivity contribution in [3.63, 3.8) is 0 Å². The van der Waals surface area contributed by atoms with Crippen LogP contribution < -0.4 is 20.9 Å². The predicted molar refractivity (Wildman–Crippen MR) is 96.8 cm³/mol. The summed E-state index contributed by atoms with van der Waals surface area (Å²) in [4.78, 5) is 37.5. The van der Waals surface area contributed by atoms with Crippen LogP contribution in [0.2, 0.25) is 0 Å². The number of rotatable bonds is 5. The Morgan fingerprint density at radius 2 is 2.04 bits per heavy atom. The predicted octanol–water partition coefficient (Wildman–Crippen LogP) is 0.989. The Morgan fingerprint density at radius 1 is 1.33 bits per heavy atom. The first kappa shape index (κ1) is 18.9. The number of hydrogen-bond donors (Lipinski definition) is 2. The summed E-state index contributed by atoms with van der Waals surface area (Å²) in [5.74, 6) is -1.13. The molecule has 0 aromatic heterocycles. The van der Waals surface area contributed by atoms with E-state index < -0.39 is 18.0 Å². The van der Waals surface area contributed by atoms with Crippen LogP contribution in [0.25, 0.3) is 0 Å². The van der Waals surface area contributed by atoms with Crippen LogP contribution in [0, 0.1) is 11.7 Å². The lowest BCUT2D eigenvalue weighted by molar-refractivity contribution is -0.122. The SMILES string of the molecule is CC(=O)NCC1CN(c2ccc(N3CCC(C(N)=O)CC3)c(F)c2)C(=O)O1. The molecule has 146 valence electrons. The average molecular weight is 378 g/mol. The van der Waals surface area contributed by atoms with Crippen LogP contribution in [-0.2, 0) is 14.3 Å². The second-order valence-corrected chi connectivity index (χ2v) is 6.85. The van der Waals surface area contributed by atoms with Gasteiger partial charge in [0.15, 0.2) is 0 Å². The van der Waals surface area contributed by atoms with Gasteiger partial charge in [-0.15, -0.1) is 0 Å². The molecule has 1 aromatic rings. The van der Waals surface area contributed by atoms with Gasteiger partial charge in [0, 0.05) is 25.9 Å². The van der Waals surface area contributed by atoms with Gasteiger partial charge >= 0.3 is 6.09 Å². The summed E-state index contributed by atoms with van der Waals surface area (Å²) in [6.45, 7) is 2.94. The Hall–Kier alpha value is -2.84. The van der Waals surface area contributed by atoms with Gasteiger partial charge in [-0.25, -0.2) is 9.18 Å². The Kier molecular flexibility index (Phi) is 5.48. The van der Waals surface area contributed by atoms with Gasteiger partial charge in [-0.2, -0.15) is 0 Å². The second-order valence-electron chi connectivity index (χ2n) is 6.85. The highest BCUT2D eigenvalue weighted by atomic mass is 19.1. The number of carbonyl (C=O) groups is 3. The van der Waals surface area contributed by atoms with Crippen molar-refractivity contribution in [1.29, 1.82) is 0 Å². The molecule has 1 unspecified atom stereocenters. The molecule has 3 rings (SSSR count). The van der Waals surface area contributed by atoms with E-state index in [2.05, 4.69) is 5.32 Å². The quantitative estimate of drug-likeness (QED) is 0.795. The number of halogens is 1. The minimum atomic E-state index is -0.570. The van der Waals surface area contributed by atoms with Crippen LogP contribution in [0.5, 0.6) is 0 Å². The highest BCUT2D eigenvalue weighted by molar-refractivity contribution is 5.90. The lowest BCUT2D eigenvalue weighted by Crippen LogP contribution is -2.39. The van der Waals surface area contributed by atoms with Crippen molar-refractivity contribution < 1.29 is 23.5 Å². The summed E-state index contributed by atoms with van der Waals surface area (Å²) in [5.41, 5.74) is 6.16. The van der Waals surface area contributed by atoms with E-state index in [9.17, 15) is 18.8 Å². The molecule has 9 heteroatoms. The zero-order valence-corrected chi connectivity index (χ0v) is 15.1. The summed E-state index contributed by atoms with van der Waals surface area (Å²) in [6, 6.07) is 4.60. The van der Waals surface area contributed by atoms with Crippen molar-refractivity contribution in [2.45, 2.75) is 25.9 Å². The second kappa shape index (κ2) is 7.81. The van der Waals surface area contributed by atoms with E-state index in [0.717, 1.165) is 0 Å². The van der Waals surface area contributed by atoms with Crippen molar-refractivity contribution in [2.75, 3.05) is 36.0 Å². The van der Waals surface area contributed by atoms with Crippen molar-refractivity contribution in [2.24, 2.45) is 11.7 Å². The molecular weight excluding hydrogens is 355 g/mol. The van der Waals surface area contributed by atoms with Crippen LogP contribution in [0.4, 0.5) is 20.6 Å². The highest BCUT2D eigenvalue weighted by Gasteiger charge is 2.33. The van der Waals surface area contributed by atoms with Crippen LogP contribution in [-0.4, -0.2) is 50.2 Å². The fourth-order valence-corrected chi connectivity index (χ4v) is 3.42. The number of anilines is 2. The summed E-state index contributed by atoms with van der Waals surface area (Å²) >= 11 is 0. The van der Waals surface area contributed by atoms with Gasteiger partial charge in [0.2, 0.25) is 11.8 Å². The van der Waals surface area contributed by atoms with Gasteiger partial charge in [0.1, 0.15) is 11.9 Å². The van der Waals surface area contributed by atoms with Crippen LogP contribution in [0.15, 0.2) is 18.2 Å². The smallest absolute Gasteiger partial charge is 0.414 e. The zero-order chi connectivity index (χ0) is 19.6. The number of nitrogens with zero attached hydrogens (tertiary/aromatic N) is 2.